The molecule has 0 N–H and O–H groups in total. The second-order valence-electron chi connectivity index (χ2n) is 15.9. The van der Waals surface area contributed by atoms with Crippen LogP contribution in [0.3, 0.4) is 0 Å². The monoisotopic (exact) mass is 798 g/mol. The summed E-state index contributed by atoms with van der Waals surface area (Å²) in [6.07, 6.45) is 49.3. The molecule has 0 aromatic heterocycles. The standard InChI is InChI=1S/C49H83NO7/c1-6-8-10-12-14-16-18-20-21-22-23-24-25-26-28-30-32-34-36-38-40-48(52)57-45(43-55-42-41-46(49(53)54)50(3,4)5)44-56-47(51)39-37-35-33-31-29-27-19-17-15-13-11-9-7-2/h8,10,14,16,20-21,23-24,26,28,32,34,45-46H,6-7,9,11-13,15,17-19,22,25,27,29-31,33,35-44H2,1-5H3/b10-8+,16-14+,21-20+,24-23+,28-26+,34-32+. The summed E-state index contributed by atoms with van der Waals surface area (Å²) in [6.45, 7) is 4.48. The number of rotatable bonds is 39. The number of nitrogens with zero attached hydrogens (tertiary/aromatic N) is 1. The summed E-state index contributed by atoms with van der Waals surface area (Å²) >= 11 is 0. The van der Waals surface area contributed by atoms with Crippen molar-refractivity contribution < 1.29 is 38.2 Å². The molecule has 326 valence electrons. The van der Waals surface area contributed by atoms with Crippen molar-refractivity contribution in [3.05, 3.63) is 72.9 Å². The smallest absolute Gasteiger partial charge is 0.306 e. The third-order valence-corrected chi connectivity index (χ3v) is 9.61. The van der Waals surface area contributed by atoms with E-state index in [0.29, 0.717) is 12.8 Å². The first-order chi connectivity index (χ1) is 27.6. The molecule has 0 saturated carbocycles. The highest BCUT2D eigenvalue weighted by Crippen LogP contribution is 2.14. The van der Waals surface area contributed by atoms with Gasteiger partial charge in [-0.15, -0.1) is 0 Å². The van der Waals surface area contributed by atoms with Gasteiger partial charge in [-0.1, -0.05) is 164 Å². The number of esters is 2. The van der Waals surface area contributed by atoms with Crippen molar-refractivity contribution in [1.82, 2.24) is 0 Å². The number of quaternary nitrogens is 1. The summed E-state index contributed by atoms with van der Waals surface area (Å²) in [5, 5.41) is 11.6. The maximum absolute atomic E-state index is 12.7. The van der Waals surface area contributed by atoms with Crippen molar-refractivity contribution in [2.75, 3.05) is 41.0 Å². The minimum atomic E-state index is -1.14. The molecule has 0 aliphatic heterocycles. The highest BCUT2D eigenvalue weighted by atomic mass is 16.6. The van der Waals surface area contributed by atoms with Crippen molar-refractivity contribution in [2.24, 2.45) is 0 Å². The van der Waals surface area contributed by atoms with E-state index in [1.54, 1.807) is 21.1 Å². The average Bonchev–Trinajstić information content (AvgIpc) is 3.17. The Morgan fingerprint density at radius 1 is 0.544 bits per heavy atom. The van der Waals surface area contributed by atoms with Crippen LogP contribution in [0.15, 0.2) is 72.9 Å². The van der Waals surface area contributed by atoms with E-state index in [0.717, 1.165) is 64.2 Å². The molecule has 57 heavy (non-hydrogen) atoms. The highest BCUT2D eigenvalue weighted by molar-refractivity contribution is 5.70. The number of carboxylic acids is 1. The second kappa shape index (κ2) is 39.6. The van der Waals surface area contributed by atoms with Gasteiger partial charge in [-0.3, -0.25) is 9.59 Å². The van der Waals surface area contributed by atoms with Crippen molar-refractivity contribution >= 4 is 17.9 Å². The maximum atomic E-state index is 12.7. The first-order valence-electron chi connectivity index (χ1n) is 22.5. The first kappa shape index (κ1) is 53.8. The molecular formula is C49H83NO7. The number of unbranched alkanes of at least 4 members (excludes halogenated alkanes) is 13. The number of carbonyl (C=O) groups excluding carboxylic acids is 3. The van der Waals surface area contributed by atoms with Crippen molar-refractivity contribution in [1.29, 1.82) is 0 Å². The lowest BCUT2D eigenvalue weighted by molar-refractivity contribution is -0.889. The Kier molecular flexibility index (Phi) is 37.3. The molecule has 2 atom stereocenters. The summed E-state index contributed by atoms with van der Waals surface area (Å²) in [5.74, 6) is -1.82. The van der Waals surface area contributed by atoms with Gasteiger partial charge in [0.2, 0.25) is 0 Å². The lowest BCUT2D eigenvalue weighted by Crippen LogP contribution is -2.55. The number of carbonyl (C=O) groups is 3. The van der Waals surface area contributed by atoms with Crippen molar-refractivity contribution in [3.63, 3.8) is 0 Å². The van der Waals surface area contributed by atoms with Crippen LogP contribution in [0.2, 0.25) is 0 Å². The van der Waals surface area contributed by atoms with Crippen LogP contribution in [0.25, 0.3) is 0 Å². The summed E-state index contributed by atoms with van der Waals surface area (Å²) < 4.78 is 17.1. The van der Waals surface area contributed by atoms with Gasteiger partial charge in [-0.05, 0) is 57.8 Å². The Morgan fingerprint density at radius 2 is 0.982 bits per heavy atom. The fourth-order valence-corrected chi connectivity index (χ4v) is 6.14. The van der Waals surface area contributed by atoms with Crippen LogP contribution in [0.5, 0.6) is 0 Å². The van der Waals surface area contributed by atoms with Crippen molar-refractivity contribution in [3.8, 4) is 0 Å². The van der Waals surface area contributed by atoms with Gasteiger partial charge in [-0.2, -0.15) is 0 Å². The molecule has 0 aliphatic rings. The van der Waals surface area contributed by atoms with Gasteiger partial charge < -0.3 is 28.6 Å². The summed E-state index contributed by atoms with van der Waals surface area (Å²) in [6, 6.07) is -0.738. The van der Waals surface area contributed by atoms with E-state index >= 15 is 0 Å². The van der Waals surface area contributed by atoms with E-state index < -0.39 is 18.1 Å². The fraction of sp³-hybridized carbons (Fsp3) is 0.694. The number of ether oxygens (including phenoxy) is 3. The summed E-state index contributed by atoms with van der Waals surface area (Å²) in [5.41, 5.74) is 0. The molecule has 8 heteroatoms. The normalized spacial score (nSPS) is 13.6. The predicted molar refractivity (Wildman–Crippen MR) is 235 cm³/mol. The number of hydrogen-bond acceptors (Lipinski definition) is 7. The number of carboxylic acid groups (broad SMARTS) is 1. The largest absolute Gasteiger partial charge is 0.544 e. The van der Waals surface area contributed by atoms with Crippen LogP contribution in [-0.2, 0) is 28.6 Å². The number of aliphatic carboxylic acids is 1. The molecule has 0 spiro atoms. The number of likely N-dealkylation sites (N-methyl/N-ethyl adjacent to an activating group) is 1. The minimum absolute atomic E-state index is 0.0157. The zero-order valence-corrected chi connectivity index (χ0v) is 37.0. The Bertz CT molecular complexity index is 1160. The summed E-state index contributed by atoms with van der Waals surface area (Å²) in [7, 11) is 5.38. The first-order valence-corrected chi connectivity index (χ1v) is 22.5. The molecule has 0 rings (SSSR count). The molecule has 2 unspecified atom stereocenters. The Balaban J connectivity index is 4.45. The van der Waals surface area contributed by atoms with Crippen molar-refractivity contribution in [2.45, 2.75) is 180 Å². The average molecular weight is 798 g/mol. The minimum Gasteiger partial charge on any atom is -0.544 e. The van der Waals surface area contributed by atoms with Gasteiger partial charge in [0.25, 0.3) is 0 Å². The van der Waals surface area contributed by atoms with Crippen LogP contribution >= 0.6 is 0 Å². The fourth-order valence-electron chi connectivity index (χ4n) is 6.14. The zero-order valence-electron chi connectivity index (χ0n) is 37.0. The highest BCUT2D eigenvalue weighted by Gasteiger charge is 2.25. The van der Waals surface area contributed by atoms with Gasteiger partial charge in [0.15, 0.2) is 6.10 Å². The molecule has 0 aromatic rings. The zero-order chi connectivity index (χ0) is 42.1. The van der Waals surface area contributed by atoms with Crippen LogP contribution < -0.4 is 5.11 Å². The quantitative estimate of drug-likeness (QED) is 0.0264. The molecular weight excluding hydrogens is 715 g/mol. The van der Waals surface area contributed by atoms with Gasteiger partial charge in [0.05, 0.1) is 40.3 Å². The molecule has 0 saturated heterocycles. The Morgan fingerprint density at radius 3 is 1.44 bits per heavy atom. The lowest BCUT2D eigenvalue weighted by Gasteiger charge is -2.34. The van der Waals surface area contributed by atoms with E-state index in [1.165, 1.54) is 64.2 Å². The third kappa shape index (κ3) is 38.1. The molecule has 0 heterocycles. The van der Waals surface area contributed by atoms with E-state index in [-0.39, 0.29) is 49.1 Å². The molecule has 0 fully saturated rings. The van der Waals surface area contributed by atoms with Gasteiger partial charge >= 0.3 is 11.9 Å². The van der Waals surface area contributed by atoms with Crippen LogP contribution in [0, 0.1) is 0 Å². The van der Waals surface area contributed by atoms with E-state index in [9.17, 15) is 19.5 Å². The van der Waals surface area contributed by atoms with Crippen LogP contribution in [-0.4, -0.2) is 75.5 Å². The third-order valence-electron chi connectivity index (χ3n) is 9.61. The molecule has 0 bridgehead atoms. The van der Waals surface area contributed by atoms with Gasteiger partial charge in [0, 0.05) is 19.3 Å². The Labute approximate surface area is 349 Å². The molecule has 0 radical (unpaired) electrons. The van der Waals surface area contributed by atoms with E-state index in [2.05, 4.69) is 86.8 Å². The molecule has 0 aliphatic carbocycles. The maximum Gasteiger partial charge on any atom is 0.306 e. The van der Waals surface area contributed by atoms with E-state index in [4.69, 9.17) is 14.2 Å². The number of hydrogen-bond donors (Lipinski definition) is 0. The SMILES string of the molecule is CC/C=C/C/C=C/C/C=C/C/C=C/C/C=C/C/C=C/CCCC(=O)OC(COCCC(C(=O)[O-])[N+](C)(C)C)COC(=O)CCCCCCCCCCCCCCC. The topological polar surface area (TPSA) is 102 Å². The summed E-state index contributed by atoms with van der Waals surface area (Å²) in [4.78, 5) is 36.8. The molecule has 0 aromatic carbocycles. The van der Waals surface area contributed by atoms with Gasteiger partial charge in [-0.25, -0.2) is 0 Å². The van der Waals surface area contributed by atoms with Gasteiger partial charge in [0.1, 0.15) is 12.6 Å². The van der Waals surface area contributed by atoms with Crippen LogP contribution in [0.4, 0.5) is 0 Å². The predicted octanol–water partition coefficient (Wildman–Crippen LogP) is 11.0. The Hall–Kier alpha value is -3.23. The number of allylic oxidation sites excluding steroid dienone is 12. The second-order valence-corrected chi connectivity index (χ2v) is 15.9. The molecule has 8 nitrogen and oxygen atoms in total. The van der Waals surface area contributed by atoms with E-state index in [1.807, 2.05) is 0 Å². The lowest BCUT2D eigenvalue weighted by atomic mass is 10.0. The van der Waals surface area contributed by atoms with Crippen LogP contribution in [0.1, 0.15) is 168 Å². The molecule has 0 amide bonds.